The molecule has 0 aliphatic rings. The predicted molar refractivity (Wildman–Crippen MR) is 55.7 cm³/mol. The van der Waals surface area contributed by atoms with Gasteiger partial charge in [-0.3, -0.25) is 0 Å². The summed E-state index contributed by atoms with van der Waals surface area (Å²) in [6, 6.07) is 10.1. The second-order valence-electron chi connectivity index (χ2n) is 3.16. The summed E-state index contributed by atoms with van der Waals surface area (Å²) in [6.07, 6.45) is 1.97. The fourth-order valence-electron chi connectivity index (χ4n) is 1.65. The van der Waals surface area contributed by atoms with Crippen LogP contribution in [0.4, 0.5) is 0 Å². The lowest BCUT2D eigenvalue weighted by molar-refractivity contribution is 0.708. The van der Waals surface area contributed by atoms with Gasteiger partial charge in [0.2, 0.25) is 0 Å². The van der Waals surface area contributed by atoms with E-state index in [4.69, 9.17) is 11.0 Å². The van der Waals surface area contributed by atoms with Crippen LogP contribution < -0.4 is 5.73 Å². The van der Waals surface area contributed by atoms with E-state index in [-0.39, 0.29) is 0 Å². The van der Waals surface area contributed by atoms with E-state index < -0.39 is 0 Å². The number of nitrogens with two attached hydrogens (primary N) is 1. The summed E-state index contributed by atoms with van der Waals surface area (Å²) in [5.74, 6) is 0. The Morgan fingerprint density at radius 2 is 2.14 bits per heavy atom. The van der Waals surface area contributed by atoms with Gasteiger partial charge in [-0.2, -0.15) is 5.26 Å². The molecule has 2 N–H and O–H groups in total. The van der Waals surface area contributed by atoms with Crippen molar-refractivity contribution in [1.82, 2.24) is 4.57 Å². The summed E-state index contributed by atoms with van der Waals surface area (Å²) in [7, 11) is 0. The average Bonchev–Trinajstić information content (AvgIpc) is 2.55. The maximum Gasteiger partial charge on any atom is 0.128 e. The fourth-order valence-corrected chi connectivity index (χ4v) is 1.65. The Balaban J connectivity index is 2.68. The Morgan fingerprint density at radius 3 is 2.86 bits per heavy atom. The number of fused-ring (bicyclic) bond motifs is 1. The number of benzene rings is 1. The summed E-state index contributed by atoms with van der Waals surface area (Å²) in [5, 5.41) is 11.1. The lowest BCUT2D eigenvalue weighted by Crippen LogP contribution is -2.10. The molecular weight excluding hydrogens is 174 g/mol. The Labute approximate surface area is 82.4 Å². The van der Waals surface area contributed by atoms with Crippen molar-refractivity contribution in [2.75, 3.05) is 6.54 Å². The van der Waals surface area contributed by atoms with Crippen LogP contribution in [0.25, 0.3) is 10.8 Å². The van der Waals surface area contributed by atoms with Crippen LogP contribution in [0.2, 0.25) is 0 Å². The molecule has 0 fully saturated rings. The van der Waals surface area contributed by atoms with Crippen molar-refractivity contribution < 1.29 is 0 Å². The maximum atomic E-state index is 9.02. The lowest BCUT2D eigenvalue weighted by atomic mass is 10.2. The van der Waals surface area contributed by atoms with Crippen molar-refractivity contribution in [3.63, 3.8) is 0 Å². The molecule has 14 heavy (non-hydrogen) atoms. The zero-order chi connectivity index (χ0) is 9.97. The minimum absolute atomic E-state index is 0.551. The third-order valence-electron chi connectivity index (χ3n) is 2.27. The highest BCUT2D eigenvalue weighted by Crippen LogP contribution is 2.19. The quantitative estimate of drug-likeness (QED) is 0.770. The molecule has 2 aromatic rings. The van der Waals surface area contributed by atoms with E-state index >= 15 is 0 Å². The van der Waals surface area contributed by atoms with E-state index in [1.807, 2.05) is 35.0 Å². The van der Waals surface area contributed by atoms with Gasteiger partial charge in [-0.25, -0.2) is 0 Å². The normalized spacial score (nSPS) is 10.3. The van der Waals surface area contributed by atoms with Crippen LogP contribution in [0.3, 0.4) is 0 Å². The number of nitrogens with zero attached hydrogens (tertiary/aromatic N) is 2. The van der Waals surface area contributed by atoms with Gasteiger partial charge in [-0.15, -0.1) is 0 Å². The number of rotatable bonds is 2. The van der Waals surface area contributed by atoms with E-state index in [9.17, 15) is 0 Å². The van der Waals surface area contributed by atoms with Gasteiger partial charge in [0.05, 0.1) is 0 Å². The van der Waals surface area contributed by atoms with Gasteiger partial charge >= 0.3 is 0 Å². The Morgan fingerprint density at radius 1 is 1.36 bits per heavy atom. The van der Waals surface area contributed by atoms with E-state index in [0.29, 0.717) is 18.8 Å². The monoisotopic (exact) mass is 185 g/mol. The molecule has 3 nitrogen and oxygen atoms in total. The standard InChI is InChI=1S/C11H11N3/c12-5-6-14-8-9-3-1-2-4-10(9)11(14)7-13/h1-4,8H,5-6,12H2. The molecule has 0 atom stereocenters. The summed E-state index contributed by atoms with van der Waals surface area (Å²) >= 11 is 0. The lowest BCUT2D eigenvalue weighted by Gasteiger charge is -1.99. The van der Waals surface area contributed by atoms with Crippen LogP contribution in [-0.4, -0.2) is 11.1 Å². The first-order valence-corrected chi connectivity index (χ1v) is 4.55. The number of hydrogen-bond acceptors (Lipinski definition) is 2. The first kappa shape index (κ1) is 8.79. The zero-order valence-corrected chi connectivity index (χ0v) is 7.77. The van der Waals surface area contributed by atoms with Crippen molar-refractivity contribution >= 4 is 10.8 Å². The van der Waals surface area contributed by atoms with Crippen molar-refractivity contribution in [1.29, 1.82) is 5.26 Å². The fraction of sp³-hybridized carbons (Fsp3) is 0.182. The van der Waals surface area contributed by atoms with Crippen LogP contribution >= 0.6 is 0 Å². The molecule has 0 unspecified atom stereocenters. The molecule has 0 amide bonds. The second-order valence-corrected chi connectivity index (χ2v) is 3.16. The largest absolute Gasteiger partial charge is 0.337 e. The SMILES string of the molecule is N#Cc1c2ccccc2cn1CCN. The second kappa shape index (κ2) is 3.52. The molecule has 1 aromatic carbocycles. The molecule has 0 radical (unpaired) electrons. The zero-order valence-electron chi connectivity index (χ0n) is 7.77. The third kappa shape index (κ3) is 1.26. The Kier molecular flexibility index (Phi) is 2.21. The first-order valence-electron chi connectivity index (χ1n) is 4.55. The summed E-state index contributed by atoms with van der Waals surface area (Å²) in [5.41, 5.74) is 6.18. The molecule has 1 aromatic heterocycles. The van der Waals surface area contributed by atoms with Gasteiger partial charge in [-0.1, -0.05) is 24.3 Å². The first-order chi connectivity index (χ1) is 6.86. The summed E-state index contributed by atoms with van der Waals surface area (Å²) in [4.78, 5) is 0. The van der Waals surface area contributed by atoms with Gasteiger partial charge < -0.3 is 10.3 Å². The van der Waals surface area contributed by atoms with E-state index in [1.165, 1.54) is 0 Å². The molecule has 0 saturated heterocycles. The van der Waals surface area contributed by atoms with E-state index in [2.05, 4.69) is 6.07 Å². The van der Waals surface area contributed by atoms with Gasteiger partial charge in [0.15, 0.2) is 0 Å². The minimum atomic E-state index is 0.551. The molecule has 0 bridgehead atoms. The molecule has 3 heteroatoms. The van der Waals surface area contributed by atoms with E-state index in [0.717, 1.165) is 10.8 Å². The molecule has 70 valence electrons. The van der Waals surface area contributed by atoms with Gasteiger partial charge in [-0.05, 0) is 0 Å². The van der Waals surface area contributed by atoms with Crippen molar-refractivity contribution in [3.05, 3.63) is 36.2 Å². The highest BCUT2D eigenvalue weighted by molar-refractivity contribution is 5.87. The van der Waals surface area contributed by atoms with Crippen molar-refractivity contribution in [2.24, 2.45) is 5.73 Å². The predicted octanol–water partition coefficient (Wildman–Crippen LogP) is 1.47. The van der Waals surface area contributed by atoms with Crippen molar-refractivity contribution in [3.8, 4) is 6.07 Å². The van der Waals surface area contributed by atoms with Crippen LogP contribution in [-0.2, 0) is 6.54 Å². The summed E-state index contributed by atoms with van der Waals surface area (Å²) in [6.45, 7) is 1.24. The van der Waals surface area contributed by atoms with Gasteiger partial charge in [0.1, 0.15) is 11.8 Å². The minimum Gasteiger partial charge on any atom is -0.337 e. The van der Waals surface area contributed by atoms with Crippen LogP contribution in [0.1, 0.15) is 5.69 Å². The number of hydrogen-bond donors (Lipinski definition) is 1. The van der Waals surface area contributed by atoms with Crippen LogP contribution in [0.15, 0.2) is 30.5 Å². The Hall–Kier alpha value is -1.79. The van der Waals surface area contributed by atoms with E-state index in [1.54, 1.807) is 0 Å². The highest BCUT2D eigenvalue weighted by atomic mass is 15.0. The molecule has 0 aliphatic carbocycles. The number of aromatic nitrogens is 1. The smallest absolute Gasteiger partial charge is 0.128 e. The summed E-state index contributed by atoms with van der Waals surface area (Å²) < 4.78 is 1.91. The molecule has 0 saturated carbocycles. The van der Waals surface area contributed by atoms with Crippen LogP contribution in [0, 0.1) is 11.3 Å². The molecule has 1 heterocycles. The Bertz CT molecular complexity index is 491. The number of nitriles is 1. The third-order valence-corrected chi connectivity index (χ3v) is 2.27. The molecule has 2 rings (SSSR count). The topological polar surface area (TPSA) is 54.7 Å². The highest BCUT2D eigenvalue weighted by Gasteiger charge is 2.06. The molecule has 0 spiro atoms. The molecule has 0 aliphatic heterocycles. The van der Waals surface area contributed by atoms with Gasteiger partial charge in [0.25, 0.3) is 0 Å². The van der Waals surface area contributed by atoms with Crippen LogP contribution in [0.5, 0.6) is 0 Å². The average molecular weight is 185 g/mol. The maximum absolute atomic E-state index is 9.02. The van der Waals surface area contributed by atoms with Crippen molar-refractivity contribution in [2.45, 2.75) is 6.54 Å². The van der Waals surface area contributed by atoms with Gasteiger partial charge in [0, 0.05) is 30.1 Å². The molecular formula is C11H11N3.